The Hall–Kier alpha value is -0.820. The Morgan fingerprint density at radius 2 is 1.83 bits per heavy atom. The summed E-state index contributed by atoms with van der Waals surface area (Å²) in [5, 5.41) is 0. The van der Waals surface area contributed by atoms with E-state index in [2.05, 4.69) is 53.3 Å². The van der Waals surface area contributed by atoms with Crippen molar-refractivity contribution in [2.24, 2.45) is 29.1 Å². The largest absolute Gasteiger partial charge is 0.378 e. The highest BCUT2D eigenvalue weighted by atomic mass is 16.5. The summed E-state index contributed by atoms with van der Waals surface area (Å²) in [6.07, 6.45) is 19.2. The fraction of sp³-hybridized carbons (Fsp3) is 0.793. The van der Waals surface area contributed by atoms with Gasteiger partial charge in [-0.2, -0.15) is 0 Å². The van der Waals surface area contributed by atoms with E-state index in [-0.39, 0.29) is 5.60 Å². The van der Waals surface area contributed by atoms with Crippen LogP contribution in [-0.4, -0.2) is 12.7 Å². The molecule has 3 aliphatic rings. The molecule has 3 saturated carbocycles. The highest BCUT2D eigenvalue weighted by Crippen LogP contribution is 2.60. The van der Waals surface area contributed by atoms with Crippen LogP contribution in [0.2, 0.25) is 0 Å². The zero-order valence-corrected chi connectivity index (χ0v) is 20.9. The summed E-state index contributed by atoms with van der Waals surface area (Å²) in [6, 6.07) is 0. The van der Waals surface area contributed by atoms with Gasteiger partial charge in [0.2, 0.25) is 0 Å². The van der Waals surface area contributed by atoms with Crippen molar-refractivity contribution >= 4 is 0 Å². The Kier molecular flexibility index (Phi) is 7.76. The molecule has 0 bridgehead atoms. The van der Waals surface area contributed by atoms with Crippen LogP contribution in [-0.2, 0) is 4.74 Å². The van der Waals surface area contributed by atoms with Gasteiger partial charge in [0.15, 0.2) is 0 Å². The van der Waals surface area contributed by atoms with E-state index in [1.165, 1.54) is 62.5 Å². The molecule has 0 N–H and O–H groups in total. The maximum Gasteiger partial charge on any atom is 0.0694 e. The zero-order chi connectivity index (χ0) is 21.9. The van der Waals surface area contributed by atoms with E-state index in [4.69, 9.17) is 4.74 Å². The molecule has 3 aliphatic carbocycles. The van der Waals surface area contributed by atoms with Crippen molar-refractivity contribution in [2.75, 3.05) is 7.11 Å². The molecule has 0 heterocycles. The fourth-order valence-corrected chi connectivity index (χ4v) is 7.01. The van der Waals surface area contributed by atoms with Crippen LogP contribution < -0.4 is 0 Å². The topological polar surface area (TPSA) is 9.23 Å². The SMILES string of the molecule is C=C1CC[C@](C)(OC)C/C1=C/C=C1CCC[C@@]2(C)C1CC[C@@H]2[C@H](C)CCCC(C)C. The third-order valence-corrected chi connectivity index (χ3v) is 9.13. The standard InChI is InChI=1S/C29H48O/c1-21(2)10-8-11-23(4)26-15-16-27-24(12-9-18-29(26,27)6)13-14-25-20-28(5,30-7)19-17-22(25)3/h13-14,21,23,26-27H,3,8-12,15-20H2,1-2,4-7H3/b24-13?,25-14-/t23-,26-,27?,28+,29-/m1/s1. The van der Waals surface area contributed by atoms with E-state index in [1.54, 1.807) is 5.57 Å². The summed E-state index contributed by atoms with van der Waals surface area (Å²) < 4.78 is 5.82. The summed E-state index contributed by atoms with van der Waals surface area (Å²) in [7, 11) is 1.86. The van der Waals surface area contributed by atoms with Gasteiger partial charge in [-0.25, -0.2) is 0 Å². The Balaban J connectivity index is 1.72. The van der Waals surface area contributed by atoms with E-state index < -0.39 is 0 Å². The molecule has 0 aliphatic heterocycles. The van der Waals surface area contributed by atoms with Crippen molar-refractivity contribution < 1.29 is 4.74 Å². The predicted octanol–water partition coefficient (Wildman–Crippen LogP) is 8.66. The Labute approximate surface area is 187 Å². The second-order valence-electron chi connectivity index (χ2n) is 11.8. The highest BCUT2D eigenvalue weighted by Gasteiger charge is 2.50. The molecular formula is C29H48O. The molecule has 1 nitrogen and oxygen atoms in total. The van der Waals surface area contributed by atoms with E-state index >= 15 is 0 Å². The van der Waals surface area contributed by atoms with Gasteiger partial charge in [0, 0.05) is 13.5 Å². The van der Waals surface area contributed by atoms with Crippen molar-refractivity contribution in [3.05, 3.63) is 35.5 Å². The first-order valence-corrected chi connectivity index (χ1v) is 12.8. The van der Waals surface area contributed by atoms with Gasteiger partial charge in [0.25, 0.3) is 0 Å². The third kappa shape index (κ3) is 5.14. The average Bonchev–Trinajstić information content (AvgIpc) is 3.06. The van der Waals surface area contributed by atoms with Gasteiger partial charge in [-0.1, -0.05) is 76.8 Å². The molecule has 5 atom stereocenters. The number of fused-ring (bicyclic) bond motifs is 1. The van der Waals surface area contributed by atoms with Crippen molar-refractivity contribution in [1.82, 2.24) is 0 Å². The minimum atomic E-state index is -0.0174. The van der Waals surface area contributed by atoms with Gasteiger partial charge < -0.3 is 4.74 Å². The maximum absolute atomic E-state index is 5.82. The van der Waals surface area contributed by atoms with Crippen LogP contribution in [0.5, 0.6) is 0 Å². The zero-order valence-electron chi connectivity index (χ0n) is 20.9. The van der Waals surface area contributed by atoms with E-state index in [9.17, 15) is 0 Å². The maximum atomic E-state index is 5.82. The molecule has 0 amide bonds. The Bertz CT molecular complexity index is 668. The van der Waals surface area contributed by atoms with Crippen molar-refractivity contribution in [3.8, 4) is 0 Å². The highest BCUT2D eigenvalue weighted by molar-refractivity contribution is 5.37. The van der Waals surface area contributed by atoms with E-state index in [0.29, 0.717) is 5.41 Å². The Morgan fingerprint density at radius 3 is 2.53 bits per heavy atom. The summed E-state index contributed by atoms with van der Waals surface area (Å²) in [5.74, 6) is 3.42. The van der Waals surface area contributed by atoms with Gasteiger partial charge in [-0.15, -0.1) is 0 Å². The van der Waals surface area contributed by atoms with Crippen LogP contribution in [0.4, 0.5) is 0 Å². The number of methoxy groups -OCH3 is 1. The number of ether oxygens (including phenoxy) is 1. The number of hydrogen-bond acceptors (Lipinski definition) is 1. The molecule has 0 radical (unpaired) electrons. The van der Waals surface area contributed by atoms with Crippen LogP contribution in [0, 0.1) is 29.1 Å². The van der Waals surface area contributed by atoms with Gasteiger partial charge in [-0.05, 0) is 86.5 Å². The van der Waals surface area contributed by atoms with Gasteiger partial charge in [-0.3, -0.25) is 0 Å². The first-order chi connectivity index (χ1) is 14.2. The lowest BCUT2D eigenvalue weighted by molar-refractivity contribution is -0.00509. The molecule has 0 spiro atoms. The van der Waals surface area contributed by atoms with Gasteiger partial charge >= 0.3 is 0 Å². The average molecular weight is 413 g/mol. The lowest BCUT2D eigenvalue weighted by atomic mass is 9.60. The van der Waals surface area contributed by atoms with Crippen molar-refractivity contribution in [2.45, 2.75) is 111 Å². The second kappa shape index (κ2) is 9.76. The molecule has 0 aromatic carbocycles. The fourth-order valence-electron chi connectivity index (χ4n) is 7.01. The molecule has 0 aromatic heterocycles. The quantitative estimate of drug-likeness (QED) is 0.406. The van der Waals surface area contributed by atoms with E-state index in [1.807, 2.05) is 7.11 Å². The molecule has 3 rings (SSSR count). The summed E-state index contributed by atoms with van der Waals surface area (Å²) in [4.78, 5) is 0. The van der Waals surface area contributed by atoms with Gasteiger partial charge in [0.1, 0.15) is 0 Å². The first-order valence-electron chi connectivity index (χ1n) is 12.8. The smallest absolute Gasteiger partial charge is 0.0694 e. The number of allylic oxidation sites excluding steroid dienone is 4. The van der Waals surface area contributed by atoms with Crippen LogP contribution in [0.1, 0.15) is 105 Å². The summed E-state index contributed by atoms with van der Waals surface area (Å²) in [5.41, 5.74) is 4.97. The molecule has 30 heavy (non-hydrogen) atoms. The minimum Gasteiger partial charge on any atom is -0.378 e. The van der Waals surface area contributed by atoms with Crippen LogP contribution in [0.25, 0.3) is 0 Å². The van der Waals surface area contributed by atoms with Crippen molar-refractivity contribution in [1.29, 1.82) is 0 Å². The van der Waals surface area contributed by atoms with Crippen LogP contribution >= 0.6 is 0 Å². The van der Waals surface area contributed by atoms with Crippen LogP contribution in [0.3, 0.4) is 0 Å². The summed E-state index contributed by atoms with van der Waals surface area (Å²) in [6.45, 7) is 16.5. The lowest BCUT2D eigenvalue weighted by Crippen LogP contribution is -2.36. The molecule has 0 saturated heterocycles. The molecular weight excluding hydrogens is 364 g/mol. The summed E-state index contributed by atoms with van der Waals surface area (Å²) >= 11 is 0. The second-order valence-corrected chi connectivity index (χ2v) is 11.8. The Morgan fingerprint density at radius 1 is 1.07 bits per heavy atom. The third-order valence-electron chi connectivity index (χ3n) is 9.13. The predicted molar refractivity (Wildman–Crippen MR) is 131 cm³/mol. The molecule has 1 unspecified atom stereocenters. The molecule has 3 fully saturated rings. The van der Waals surface area contributed by atoms with Crippen LogP contribution in [0.15, 0.2) is 35.5 Å². The minimum absolute atomic E-state index is 0.0174. The van der Waals surface area contributed by atoms with Crippen molar-refractivity contribution in [3.63, 3.8) is 0 Å². The molecule has 170 valence electrons. The first kappa shape index (κ1) is 23.8. The molecule has 1 heteroatoms. The normalized spacial score (nSPS) is 38.4. The van der Waals surface area contributed by atoms with Gasteiger partial charge in [0.05, 0.1) is 5.60 Å². The lowest BCUT2D eigenvalue weighted by Gasteiger charge is -2.44. The monoisotopic (exact) mass is 412 g/mol. The molecule has 0 aromatic rings. The van der Waals surface area contributed by atoms with E-state index in [0.717, 1.165) is 42.9 Å². The number of rotatable bonds is 7. The number of hydrogen-bond donors (Lipinski definition) is 0.